The van der Waals surface area contributed by atoms with Gasteiger partial charge in [-0.3, -0.25) is 0 Å². The highest BCUT2D eigenvalue weighted by atomic mass is 16.5. The lowest BCUT2D eigenvalue weighted by Crippen LogP contribution is -1.92. The van der Waals surface area contributed by atoms with Crippen LogP contribution in [0, 0.1) is 0 Å². The van der Waals surface area contributed by atoms with Gasteiger partial charge in [0, 0.05) is 18.0 Å². The summed E-state index contributed by atoms with van der Waals surface area (Å²) in [6, 6.07) is 10.2. The van der Waals surface area contributed by atoms with Crippen LogP contribution in [0.25, 0.3) is 22.4 Å². The molecule has 0 saturated heterocycles. The topological polar surface area (TPSA) is 57.0 Å². The fourth-order valence-electron chi connectivity index (χ4n) is 1.95. The van der Waals surface area contributed by atoms with Crippen LogP contribution in [0.5, 0.6) is 0 Å². The molecule has 4 heteroatoms. The average Bonchev–Trinajstić information content (AvgIpc) is 2.84. The normalized spacial score (nSPS) is 11.1. The van der Waals surface area contributed by atoms with Gasteiger partial charge in [0.1, 0.15) is 5.69 Å². The highest BCUT2D eigenvalue weighted by Crippen LogP contribution is 2.30. The van der Waals surface area contributed by atoms with E-state index in [9.17, 15) is 0 Å². The second-order valence-electron chi connectivity index (χ2n) is 3.76. The zero-order chi connectivity index (χ0) is 11.1. The number of benzene rings is 1. The number of fused-ring (bicyclic) bond motifs is 1. The van der Waals surface area contributed by atoms with Crippen LogP contribution in [0.2, 0.25) is 0 Å². The van der Waals surface area contributed by atoms with Crippen LogP contribution in [0.4, 0.5) is 5.69 Å². The fourth-order valence-corrected chi connectivity index (χ4v) is 1.95. The van der Waals surface area contributed by atoms with Gasteiger partial charge in [-0.2, -0.15) is 0 Å². The lowest BCUT2D eigenvalue weighted by Gasteiger charge is -2.00. The predicted molar refractivity (Wildman–Crippen MR) is 62.8 cm³/mol. The van der Waals surface area contributed by atoms with E-state index in [0.717, 1.165) is 16.6 Å². The molecular formula is C12H11N3O. The monoisotopic (exact) mass is 213 g/mol. The zero-order valence-corrected chi connectivity index (χ0v) is 8.84. The number of hydrogen-bond acceptors (Lipinski definition) is 3. The van der Waals surface area contributed by atoms with E-state index in [4.69, 9.17) is 10.3 Å². The molecule has 0 atom stereocenters. The third-order valence-corrected chi connectivity index (χ3v) is 2.78. The molecule has 0 aliphatic rings. The van der Waals surface area contributed by atoms with Crippen molar-refractivity contribution >= 4 is 16.6 Å². The van der Waals surface area contributed by atoms with Crippen molar-refractivity contribution in [3.8, 4) is 11.5 Å². The van der Waals surface area contributed by atoms with E-state index in [0.29, 0.717) is 11.4 Å². The number of para-hydroxylation sites is 1. The molecule has 2 aromatic heterocycles. The summed E-state index contributed by atoms with van der Waals surface area (Å²) >= 11 is 0. The summed E-state index contributed by atoms with van der Waals surface area (Å²) in [7, 11) is 1.99. The first-order chi connectivity index (χ1) is 7.77. The van der Waals surface area contributed by atoms with Crippen LogP contribution in [-0.2, 0) is 7.05 Å². The number of rotatable bonds is 1. The first kappa shape index (κ1) is 9.03. The molecule has 1 aromatic carbocycles. The average molecular weight is 213 g/mol. The molecule has 0 aliphatic carbocycles. The van der Waals surface area contributed by atoms with E-state index >= 15 is 0 Å². The van der Waals surface area contributed by atoms with Crippen molar-refractivity contribution in [3.63, 3.8) is 0 Å². The molecule has 2 N–H and O–H groups in total. The summed E-state index contributed by atoms with van der Waals surface area (Å²) in [5.74, 6) is 0.624. The molecule has 2 heterocycles. The Hall–Kier alpha value is -2.23. The largest absolute Gasteiger partial charge is 0.394 e. The molecule has 3 rings (SSSR count). The predicted octanol–water partition coefficient (Wildman–Crippen LogP) is 2.42. The Morgan fingerprint density at radius 3 is 2.81 bits per heavy atom. The Morgan fingerprint density at radius 1 is 1.31 bits per heavy atom. The number of hydrogen-bond donors (Lipinski definition) is 1. The van der Waals surface area contributed by atoms with Crippen molar-refractivity contribution in [1.82, 2.24) is 9.72 Å². The highest BCUT2D eigenvalue weighted by molar-refractivity contribution is 5.87. The summed E-state index contributed by atoms with van der Waals surface area (Å²) < 4.78 is 7.21. The smallest absolute Gasteiger partial charge is 0.206 e. The van der Waals surface area contributed by atoms with Crippen molar-refractivity contribution < 1.29 is 4.52 Å². The molecule has 0 saturated carbocycles. The molecule has 0 aliphatic heterocycles. The van der Waals surface area contributed by atoms with Gasteiger partial charge in [-0.25, -0.2) is 0 Å². The van der Waals surface area contributed by atoms with Crippen LogP contribution in [0.1, 0.15) is 0 Å². The van der Waals surface area contributed by atoms with Gasteiger partial charge in [0.05, 0.1) is 11.9 Å². The molecular weight excluding hydrogens is 202 g/mol. The highest BCUT2D eigenvalue weighted by Gasteiger charge is 2.13. The van der Waals surface area contributed by atoms with Crippen LogP contribution in [0.3, 0.4) is 0 Å². The maximum Gasteiger partial charge on any atom is 0.206 e. The molecule has 0 unspecified atom stereocenters. The molecule has 4 nitrogen and oxygen atoms in total. The molecule has 0 fully saturated rings. The van der Waals surface area contributed by atoms with Crippen molar-refractivity contribution in [2.24, 2.45) is 7.05 Å². The first-order valence-corrected chi connectivity index (χ1v) is 5.02. The number of nitrogens with zero attached hydrogens (tertiary/aromatic N) is 2. The number of nitrogen functional groups attached to an aromatic ring is 1. The number of anilines is 1. The maximum absolute atomic E-state index is 5.79. The van der Waals surface area contributed by atoms with Gasteiger partial charge >= 0.3 is 0 Å². The van der Waals surface area contributed by atoms with Gasteiger partial charge in [-0.1, -0.05) is 23.4 Å². The first-order valence-electron chi connectivity index (χ1n) is 5.02. The lowest BCUT2D eigenvalue weighted by atomic mass is 10.2. The summed E-state index contributed by atoms with van der Waals surface area (Å²) in [6.07, 6.45) is 1.52. The van der Waals surface area contributed by atoms with Crippen LogP contribution < -0.4 is 5.73 Å². The molecule has 0 radical (unpaired) electrons. The minimum atomic E-state index is 0.561. The Bertz CT molecular complexity index is 651. The van der Waals surface area contributed by atoms with Gasteiger partial charge < -0.3 is 14.8 Å². The molecule has 0 spiro atoms. The molecule has 0 bridgehead atoms. The summed E-state index contributed by atoms with van der Waals surface area (Å²) in [4.78, 5) is 0. The van der Waals surface area contributed by atoms with E-state index < -0.39 is 0 Å². The Balaban J connectivity index is 2.33. The summed E-state index contributed by atoms with van der Waals surface area (Å²) in [6.45, 7) is 0. The maximum atomic E-state index is 5.79. The van der Waals surface area contributed by atoms with Crippen molar-refractivity contribution in [2.45, 2.75) is 0 Å². The van der Waals surface area contributed by atoms with Crippen LogP contribution in [-0.4, -0.2) is 9.72 Å². The number of aryl methyl sites for hydroxylation is 1. The van der Waals surface area contributed by atoms with Gasteiger partial charge in [-0.05, 0) is 12.1 Å². The van der Waals surface area contributed by atoms with E-state index in [1.807, 2.05) is 29.8 Å². The Morgan fingerprint density at radius 2 is 2.12 bits per heavy atom. The van der Waals surface area contributed by atoms with Crippen molar-refractivity contribution in [2.75, 3.05) is 5.73 Å². The van der Waals surface area contributed by atoms with Gasteiger partial charge in [0.2, 0.25) is 5.76 Å². The molecule has 16 heavy (non-hydrogen) atoms. The zero-order valence-electron chi connectivity index (χ0n) is 8.84. The summed E-state index contributed by atoms with van der Waals surface area (Å²) in [5, 5.41) is 4.86. The standard InChI is InChI=1S/C12H11N3O/c1-15-10-5-3-2-4-8(10)6-11(15)12-9(13)7-14-16-12/h2-7H,13H2,1H3. The second kappa shape index (κ2) is 3.13. The number of nitrogens with two attached hydrogens (primary N) is 1. The van der Waals surface area contributed by atoms with Crippen LogP contribution >= 0.6 is 0 Å². The Labute approximate surface area is 92.3 Å². The SMILES string of the molecule is Cn1c(-c2oncc2N)cc2ccccc21. The second-order valence-corrected chi connectivity index (χ2v) is 3.76. The van der Waals surface area contributed by atoms with E-state index in [-0.39, 0.29) is 0 Å². The van der Waals surface area contributed by atoms with Crippen LogP contribution in [0.15, 0.2) is 41.1 Å². The minimum absolute atomic E-state index is 0.561. The molecule has 3 aromatic rings. The molecule has 80 valence electrons. The van der Waals surface area contributed by atoms with Gasteiger partial charge in [0.25, 0.3) is 0 Å². The van der Waals surface area contributed by atoms with Gasteiger partial charge in [0.15, 0.2) is 0 Å². The molecule has 0 amide bonds. The quantitative estimate of drug-likeness (QED) is 0.675. The van der Waals surface area contributed by atoms with Gasteiger partial charge in [-0.15, -0.1) is 0 Å². The minimum Gasteiger partial charge on any atom is -0.394 e. The summed E-state index contributed by atoms with van der Waals surface area (Å²) in [5.41, 5.74) is 8.44. The van der Waals surface area contributed by atoms with E-state index in [2.05, 4.69) is 17.3 Å². The Kier molecular flexibility index (Phi) is 1.77. The third kappa shape index (κ3) is 1.13. The van der Waals surface area contributed by atoms with Crippen molar-refractivity contribution in [3.05, 3.63) is 36.5 Å². The third-order valence-electron chi connectivity index (χ3n) is 2.78. The van der Waals surface area contributed by atoms with E-state index in [1.165, 1.54) is 6.20 Å². The lowest BCUT2D eigenvalue weighted by molar-refractivity contribution is 0.430. The fraction of sp³-hybridized carbons (Fsp3) is 0.0833. The van der Waals surface area contributed by atoms with Crippen molar-refractivity contribution in [1.29, 1.82) is 0 Å². The van der Waals surface area contributed by atoms with E-state index in [1.54, 1.807) is 0 Å². The number of aromatic nitrogens is 2.